The number of rotatable bonds is 7. The van der Waals surface area contributed by atoms with Gasteiger partial charge in [0, 0.05) is 28.9 Å². The zero-order chi connectivity index (χ0) is 23.7. The molecule has 0 spiro atoms. The molecule has 0 bridgehead atoms. The Morgan fingerprint density at radius 2 is 1.76 bits per heavy atom. The fraction of sp³-hybridized carbons (Fsp3) is 0.192. The summed E-state index contributed by atoms with van der Waals surface area (Å²) in [6.07, 6.45) is 0.0283. The highest BCUT2D eigenvalue weighted by Crippen LogP contribution is 2.34. The van der Waals surface area contributed by atoms with E-state index in [0.29, 0.717) is 27.5 Å². The minimum absolute atomic E-state index is 0.0283. The SMILES string of the molecule is CC(C)[C@H](CC(=O)c1ccc2c(-c3ccccc3Cl)nn(-c3ccc(F)cc3)c2c1)C(N)=O. The van der Waals surface area contributed by atoms with Crippen molar-refractivity contribution in [3.8, 4) is 16.9 Å². The first kappa shape index (κ1) is 22.7. The van der Waals surface area contributed by atoms with Crippen molar-refractivity contribution in [1.29, 1.82) is 0 Å². The molecule has 0 unspecified atom stereocenters. The van der Waals surface area contributed by atoms with E-state index in [4.69, 9.17) is 22.4 Å². The summed E-state index contributed by atoms with van der Waals surface area (Å²) < 4.78 is 15.2. The Morgan fingerprint density at radius 3 is 2.39 bits per heavy atom. The quantitative estimate of drug-likeness (QED) is 0.351. The van der Waals surface area contributed by atoms with Gasteiger partial charge >= 0.3 is 0 Å². The molecule has 4 rings (SSSR count). The summed E-state index contributed by atoms with van der Waals surface area (Å²) in [4.78, 5) is 24.8. The Morgan fingerprint density at radius 1 is 1.06 bits per heavy atom. The van der Waals surface area contributed by atoms with E-state index in [9.17, 15) is 14.0 Å². The van der Waals surface area contributed by atoms with Crippen LogP contribution < -0.4 is 5.73 Å². The number of primary amides is 1. The molecule has 0 saturated carbocycles. The van der Waals surface area contributed by atoms with Gasteiger partial charge in [-0.25, -0.2) is 9.07 Å². The highest BCUT2D eigenvalue weighted by atomic mass is 35.5. The van der Waals surface area contributed by atoms with Crippen LogP contribution >= 0.6 is 11.6 Å². The number of aromatic nitrogens is 2. The summed E-state index contributed by atoms with van der Waals surface area (Å²) >= 11 is 6.44. The van der Waals surface area contributed by atoms with Crippen LogP contribution in [0.3, 0.4) is 0 Å². The zero-order valence-corrected chi connectivity index (χ0v) is 19.0. The van der Waals surface area contributed by atoms with Gasteiger partial charge in [-0.3, -0.25) is 9.59 Å². The third-order valence-corrected chi connectivity index (χ3v) is 6.11. The summed E-state index contributed by atoms with van der Waals surface area (Å²) in [6.45, 7) is 3.73. The number of benzene rings is 3. The first-order chi connectivity index (χ1) is 15.8. The number of Topliss-reactive ketones (excluding diaryl/α,β-unsaturated/α-hetero) is 1. The Hall–Kier alpha value is -3.51. The number of hydrogen-bond acceptors (Lipinski definition) is 3. The fourth-order valence-electron chi connectivity index (χ4n) is 3.90. The Bertz CT molecular complexity index is 1350. The highest BCUT2D eigenvalue weighted by molar-refractivity contribution is 6.33. The molecule has 0 radical (unpaired) electrons. The number of amides is 1. The predicted octanol–water partition coefficient (Wildman–Crippen LogP) is 5.82. The lowest BCUT2D eigenvalue weighted by Crippen LogP contribution is -2.29. The van der Waals surface area contributed by atoms with Crippen LogP contribution in [0.2, 0.25) is 5.02 Å². The third-order valence-electron chi connectivity index (χ3n) is 5.78. The molecule has 7 heteroatoms. The molecule has 0 aliphatic rings. The van der Waals surface area contributed by atoms with Gasteiger partial charge in [0.05, 0.1) is 16.2 Å². The van der Waals surface area contributed by atoms with Crippen molar-refractivity contribution >= 4 is 34.2 Å². The Labute approximate surface area is 196 Å². The number of nitrogens with zero attached hydrogens (tertiary/aromatic N) is 2. The van der Waals surface area contributed by atoms with E-state index in [1.54, 1.807) is 35.0 Å². The highest BCUT2D eigenvalue weighted by Gasteiger charge is 2.24. The molecule has 1 aromatic heterocycles. The smallest absolute Gasteiger partial charge is 0.221 e. The predicted molar refractivity (Wildman–Crippen MR) is 128 cm³/mol. The van der Waals surface area contributed by atoms with Crippen LogP contribution in [0.4, 0.5) is 4.39 Å². The van der Waals surface area contributed by atoms with E-state index >= 15 is 0 Å². The van der Waals surface area contributed by atoms with Gasteiger partial charge in [-0.15, -0.1) is 0 Å². The molecular weight excluding hydrogens is 441 g/mol. The summed E-state index contributed by atoms with van der Waals surface area (Å²) in [5, 5.41) is 6.10. The van der Waals surface area contributed by atoms with E-state index in [-0.39, 0.29) is 23.9 Å². The summed E-state index contributed by atoms with van der Waals surface area (Å²) in [6, 6.07) is 18.6. The van der Waals surface area contributed by atoms with Crippen LogP contribution in [0.15, 0.2) is 66.7 Å². The number of hydrogen-bond donors (Lipinski definition) is 1. The first-order valence-electron chi connectivity index (χ1n) is 10.6. The minimum Gasteiger partial charge on any atom is -0.369 e. The van der Waals surface area contributed by atoms with Gasteiger partial charge in [0.15, 0.2) is 5.78 Å². The van der Waals surface area contributed by atoms with Gasteiger partial charge in [-0.2, -0.15) is 5.10 Å². The maximum atomic E-state index is 13.5. The number of halogens is 2. The van der Waals surface area contributed by atoms with E-state index in [1.165, 1.54) is 12.1 Å². The van der Waals surface area contributed by atoms with Crippen LogP contribution in [0.25, 0.3) is 27.8 Å². The topological polar surface area (TPSA) is 78.0 Å². The number of carbonyl (C=O) groups is 2. The lowest BCUT2D eigenvalue weighted by molar-refractivity contribution is -0.123. The Balaban J connectivity index is 1.86. The number of nitrogens with two attached hydrogens (primary N) is 1. The molecule has 5 nitrogen and oxygen atoms in total. The van der Waals surface area contributed by atoms with Crippen LogP contribution in [0.1, 0.15) is 30.6 Å². The molecule has 0 aliphatic carbocycles. The van der Waals surface area contributed by atoms with Crippen LogP contribution in [-0.4, -0.2) is 21.5 Å². The van der Waals surface area contributed by atoms with Crippen molar-refractivity contribution in [2.75, 3.05) is 0 Å². The maximum Gasteiger partial charge on any atom is 0.221 e. The minimum atomic E-state index is -0.547. The second-order valence-electron chi connectivity index (χ2n) is 8.33. The van der Waals surface area contributed by atoms with Crippen molar-refractivity contribution in [1.82, 2.24) is 9.78 Å². The lowest BCUT2D eigenvalue weighted by Gasteiger charge is -2.16. The lowest BCUT2D eigenvalue weighted by atomic mass is 9.88. The monoisotopic (exact) mass is 463 g/mol. The number of fused-ring (bicyclic) bond motifs is 1. The summed E-state index contributed by atoms with van der Waals surface area (Å²) in [5.41, 5.74) is 8.65. The maximum absolute atomic E-state index is 13.5. The van der Waals surface area contributed by atoms with Gasteiger partial charge in [0.25, 0.3) is 0 Å². The van der Waals surface area contributed by atoms with Crippen molar-refractivity contribution in [3.63, 3.8) is 0 Å². The average molecular weight is 464 g/mol. The molecule has 33 heavy (non-hydrogen) atoms. The molecule has 1 amide bonds. The molecule has 0 fully saturated rings. The van der Waals surface area contributed by atoms with E-state index in [1.807, 2.05) is 38.1 Å². The molecule has 2 N–H and O–H groups in total. The first-order valence-corrected chi connectivity index (χ1v) is 11.0. The van der Waals surface area contributed by atoms with E-state index < -0.39 is 11.8 Å². The van der Waals surface area contributed by atoms with E-state index in [0.717, 1.165) is 10.9 Å². The molecular formula is C26H23ClFN3O2. The van der Waals surface area contributed by atoms with E-state index in [2.05, 4.69) is 0 Å². The molecule has 0 saturated heterocycles. The van der Waals surface area contributed by atoms with Crippen molar-refractivity contribution in [3.05, 3.63) is 83.1 Å². The fourth-order valence-corrected chi connectivity index (χ4v) is 4.13. The second-order valence-corrected chi connectivity index (χ2v) is 8.74. The van der Waals surface area contributed by atoms with Crippen molar-refractivity contribution in [2.45, 2.75) is 20.3 Å². The Kier molecular flexibility index (Phi) is 6.29. The largest absolute Gasteiger partial charge is 0.369 e. The van der Waals surface area contributed by atoms with Gasteiger partial charge in [0.2, 0.25) is 5.91 Å². The summed E-state index contributed by atoms with van der Waals surface area (Å²) in [5.74, 6) is -1.62. The molecule has 3 aromatic carbocycles. The average Bonchev–Trinajstić information content (AvgIpc) is 3.16. The van der Waals surface area contributed by atoms with Crippen LogP contribution in [0.5, 0.6) is 0 Å². The van der Waals surface area contributed by atoms with Crippen molar-refractivity contribution in [2.24, 2.45) is 17.6 Å². The van der Waals surface area contributed by atoms with Gasteiger partial charge in [-0.1, -0.05) is 49.7 Å². The third kappa shape index (κ3) is 4.52. The van der Waals surface area contributed by atoms with Crippen LogP contribution in [-0.2, 0) is 4.79 Å². The number of ketones is 1. The zero-order valence-electron chi connectivity index (χ0n) is 18.3. The van der Waals surface area contributed by atoms with Gasteiger partial charge < -0.3 is 5.73 Å². The summed E-state index contributed by atoms with van der Waals surface area (Å²) in [7, 11) is 0. The standard InChI is InChI=1S/C26H23ClFN3O2/c1-15(2)21(26(29)33)14-24(32)16-7-12-20-23(13-16)31(18-10-8-17(28)9-11-18)30-25(20)19-5-3-4-6-22(19)27/h3-13,15,21H,14H2,1-2H3,(H2,29,33)/t21-/m0/s1. The molecule has 1 atom stereocenters. The van der Waals surface area contributed by atoms with Crippen LogP contribution in [0, 0.1) is 17.7 Å². The number of carbonyl (C=O) groups excluding carboxylic acids is 2. The molecule has 4 aromatic rings. The van der Waals surface area contributed by atoms with Gasteiger partial charge in [-0.05, 0) is 48.4 Å². The second kappa shape index (κ2) is 9.16. The molecule has 0 aliphatic heterocycles. The molecule has 168 valence electrons. The van der Waals surface area contributed by atoms with Gasteiger partial charge in [0.1, 0.15) is 11.5 Å². The van der Waals surface area contributed by atoms with Crippen molar-refractivity contribution < 1.29 is 14.0 Å². The molecule has 1 heterocycles. The normalized spacial score (nSPS) is 12.3.